The molecule has 5 nitrogen and oxygen atoms in total. The molecule has 1 atom stereocenters. The van der Waals surface area contributed by atoms with Crippen molar-refractivity contribution in [1.82, 2.24) is 19.9 Å². The van der Waals surface area contributed by atoms with Gasteiger partial charge in [0.15, 0.2) is 0 Å². The van der Waals surface area contributed by atoms with Crippen molar-refractivity contribution in [2.45, 2.75) is 26.3 Å². The minimum absolute atomic E-state index is 0.345. The molecule has 146 valence electrons. The number of para-hydroxylation sites is 1. The Bertz CT molecular complexity index is 881. The second-order valence-electron chi connectivity index (χ2n) is 7.70. The summed E-state index contributed by atoms with van der Waals surface area (Å²) >= 11 is 0. The normalized spacial score (nSPS) is 16.3. The molecule has 1 fully saturated rings. The first-order chi connectivity index (χ1) is 13.7. The molecule has 5 heteroatoms. The largest absolute Gasteiger partial charge is 0.369 e. The van der Waals surface area contributed by atoms with E-state index in [1.165, 1.54) is 11.3 Å². The van der Waals surface area contributed by atoms with Gasteiger partial charge < -0.3 is 4.90 Å². The number of aromatic nitrogens is 3. The fourth-order valence-corrected chi connectivity index (χ4v) is 3.85. The Morgan fingerprint density at radius 2 is 1.64 bits per heavy atom. The van der Waals surface area contributed by atoms with Gasteiger partial charge >= 0.3 is 0 Å². The zero-order chi connectivity index (χ0) is 19.3. The molecule has 0 aliphatic carbocycles. The minimum Gasteiger partial charge on any atom is -0.369 e. The first-order valence-electron chi connectivity index (χ1n) is 10.2. The maximum Gasteiger partial charge on any atom is 0.113 e. The van der Waals surface area contributed by atoms with E-state index in [1.54, 1.807) is 0 Å². The summed E-state index contributed by atoms with van der Waals surface area (Å²) in [5.74, 6) is 0. The second kappa shape index (κ2) is 8.57. The van der Waals surface area contributed by atoms with Crippen molar-refractivity contribution >= 4 is 5.69 Å². The van der Waals surface area contributed by atoms with Crippen LogP contribution in [0.4, 0.5) is 5.69 Å². The highest BCUT2D eigenvalue weighted by Gasteiger charge is 2.18. The summed E-state index contributed by atoms with van der Waals surface area (Å²) in [7, 11) is 0. The maximum absolute atomic E-state index is 4.40. The van der Waals surface area contributed by atoms with Crippen molar-refractivity contribution in [3.05, 3.63) is 66.4 Å². The van der Waals surface area contributed by atoms with Gasteiger partial charge in [0.2, 0.25) is 0 Å². The predicted molar refractivity (Wildman–Crippen MR) is 115 cm³/mol. The molecule has 1 unspecified atom stereocenters. The molecule has 1 aliphatic rings. The van der Waals surface area contributed by atoms with Crippen LogP contribution in [0.2, 0.25) is 0 Å². The standard InChI is InChI=1S/C23H29N5/c1-19-8-6-7-11-22(19)23-18-28(25-24-23)20(2)12-13-26-14-16-27(17-15-26)21-9-4-3-5-10-21/h3-11,18,20H,12-17H2,1-2H3. The van der Waals surface area contributed by atoms with E-state index in [2.05, 4.69) is 94.8 Å². The van der Waals surface area contributed by atoms with Crippen molar-refractivity contribution < 1.29 is 0 Å². The van der Waals surface area contributed by atoms with Gasteiger partial charge in [0.25, 0.3) is 0 Å². The van der Waals surface area contributed by atoms with E-state index in [4.69, 9.17) is 0 Å². The molecule has 1 saturated heterocycles. The fraction of sp³-hybridized carbons (Fsp3) is 0.391. The van der Waals surface area contributed by atoms with Gasteiger partial charge in [0, 0.05) is 44.0 Å². The lowest BCUT2D eigenvalue weighted by molar-refractivity contribution is 0.237. The number of benzene rings is 2. The van der Waals surface area contributed by atoms with Gasteiger partial charge in [-0.25, -0.2) is 4.68 Å². The molecule has 2 aromatic carbocycles. The Morgan fingerprint density at radius 3 is 2.39 bits per heavy atom. The van der Waals surface area contributed by atoms with E-state index in [9.17, 15) is 0 Å². The van der Waals surface area contributed by atoms with E-state index in [-0.39, 0.29) is 0 Å². The number of rotatable bonds is 6. The Hall–Kier alpha value is -2.66. The number of piperazine rings is 1. The van der Waals surface area contributed by atoms with E-state index < -0.39 is 0 Å². The molecular weight excluding hydrogens is 346 g/mol. The highest BCUT2D eigenvalue weighted by atomic mass is 15.4. The van der Waals surface area contributed by atoms with E-state index in [1.807, 2.05) is 4.68 Å². The van der Waals surface area contributed by atoms with Gasteiger partial charge in [0.05, 0.1) is 12.2 Å². The lowest BCUT2D eigenvalue weighted by Crippen LogP contribution is -2.46. The number of nitrogens with zero attached hydrogens (tertiary/aromatic N) is 5. The van der Waals surface area contributed by atoms with Crippen LogP contribution in [0.15, 0.2) is 60.8 Å². The molecule has 0 N–H and O–H groups in total. The van der Waals surface area contributed by atoms with Crippen molar-refractivity contribution in [3.8, 4) is 11.3 Å². The third-order valence-electron chi connectivity index (χ3n) is 5.74. The molecule has 0 bridgehead atoms. The monoisotopic (exact) mass is 375 g/mol. The molecule has 0 amide bonds. The molecule has 2 heterocycles. The quantitative estimate of drug-likeness (QED) is 0.652. The molecule has 28 heavy (non-hydrogen) atoms. The van der Waals surface area contributed by atoms with Crippen LogP contribution < -0.4 is 4.90 Å². The molecule has 4 rings (SSSR count). The second-order valence-corrected chi connectivity index (χ2v) is 7.70. The Balaban J connectivity index is 1.29. The molecule has 0 saturated carbocycles. The Labute approximate surface area is 167 Å². The number of hydrogen-bond acceptors (Lipinski definition) is 4. The average molecular weight is 376 g/mol. The zero-order valence-electron chi connectivity index (χ0n) is 16.8. The van der Waals surface area contributed by atoms with Crippen LogP contribution in [-0.2, 0) is 0 Å². The predicted octanol–water partition coefficient (Wildman–Crippen LogP) is 4.03. The van der Waals surface area contributed by atoms with Crippen LogP contribution in [0, 0.1) is 6.92 Å². The number of hydrogen-bond donors (Lipinski definition) is 0. The summed E-state index contributed by atoms with van der Waals surface area (Å²) in [4.78, 5) is 5.04. The average Bonchev–Trinajstić information content (AvgIpc) is 3.23. The smallest absolute Gasteiger partial charge is 0.113 e. The highest BCUT2D eigenvalue weighted by molar-refractivity contribution is 5.61. The van der Waals surface area contributed by atoms with Crippen LogP contribution in [0.25, 0.3) is 11.3 Å². The lowest BCUT2D eigenvalue weighted by Gasteiger charge is -2.36. The highest BCUT2D eigenvalue weighted by Crippen LogP contribution is 2.22. The first kappa shape index (κ1) is 18.7. The SMILES string of the molecule is Cc1ccccc1-c1cn(C(C)CCN2CCN(c3ccccc3)CC2)nn1. The summed E-state index contributed by atoms with van der Waals surface area (Å²) in [5.41, 5.74) is 4.69. The maximum atomic E-state index is 4.40. The lowest BCUT2D eigenvalue weighted by atomic mass is 10.1. The summed E-state index contributed by atoms with van der Waals surface area (Å²) in [5, 5.41) is 8.79. The zero-order valence-corrected chi connectivity index (χ0v) is 16.8. The first-order valence-corrected chi connectivity index (χ1v) is 10.2. The van der Waals surface area contributed by atoms with E-state index in [0.29, 0.717) is 6.04 Å². The Kier molecular flexibility index (Phi) is 5.72. The summed E-state index contributed by atoms with van der Waals surface area (Å²) in [6.07, 6.45) is 3.17. The topological polar surface area (TPSA) is 37.2 Å². The van der Waals surface area contributed by atoms with Crippen LogP contribution in [0.1, 0.15) is 24.9 Å². The van der Waals surface area contributed by atoms with Gasteiger partial charge in [0.1, 0.15) is 5.69 Å². The summed E-state index contributed by atoms with van der Waals surface area (Å²) in [6.45, 7) is 9.88. The summed E-state index contributed by atoms with van der Waals surface area (Å²) < 4.78 is 2.02. The summed E-state index contributed by atoms with van der Waals surface area (Å²) in [6, 6.07) is 19.4. The van der Waals surface area contributed by atoms with Crippen molar-refractivity contribution in [2.75, 3.05) is 37.6 Å². The van der Waals surface area contributed by atoms with Crippen molar-refractivity contribution in [1.29, 1.82) is 0 Å². The van der Waals surface area contributed by atoms with E-state index >= 15 is 0 Å². The van der Waals surface area contributed by atoms with Crippen LogP contribution in [0.3, 0.4) is 0 Å². The minimum atomic E-state index is 0.345. The van der Waals surface area contributed by atoms with Gasteiger partial charge in [-0.05, 0) is 38.0 Å². The van der Waals surface area contributed by atoms with Gasteiger partial charge in [-0.15, -0.1) is 5.10 Å². The van der Waals surface area contributed by atoms with Crippen LogP contribution in [-0.4, -0.2) is 52.6 Å². The van der Waals surface area contributed by atoms with Gasteiger partial charge in [-0.2, -0.15) is 0 Å². The number of aryl methyl sites for hydroxylation is 1. The van der Waals surface area contributed by atoms with Crippen molar-refractivity contribution in [2.24, 2.45) is 0 Å². The van der Waals surface area contributed by atoms with Gasteiger partial charge in [-0.1, -0.05) is 47.7 Å². The van der Waals surface area contributed by atoms with Crippen molar-refractivity contribution in [3.63, 3.8) is 0 Å². The number of anilines is 1. The molecule has 1 aromatic heterocycles. The molecular formula is C23H29N5. The Morgan fingerprint density at radius 1 is 0.929 bits per heavy atom. The third kappa shape index (κ3) is 4.25. The van der Waals surface area contributed by atoms with Crippen LogP contribution >= 0.6 is 0 Å². The molecule has 3 aromatic rings. The van der Waals surface area contributed by atoms with Crippen LogP contribution in [0.5, 0.6) is 0 Å². The third-order valence-corrected chi connectivity index (χ3v) is 5.74. The van der Waals surface area contributed by atoms with Gasteiger partial charge in [-0.3, -0.25) is 4.90 Å². The molecule has 0 spiro atoms. The molecule has 1 aliphatic heterocycles. The van der Waals surface area contributed by atoms with E-state index in [0.717, 1.165) is 50.4 Å². The molecule has 0 radical (unpaired) electrons. The fourth-order valence-electron chi connectivity index (χ4n) is 3.85.